The predicted octanol–water partition coefficient (Wildman–Crippen LogP) is 2.86. The summed E-state index contributed by atoms with van der Waals surface area (Å²) in [5, 5.41) is 0. The largest absolute Gasteiger partial charge is 0.326 e. The van der Waals surface area contributed by atoms with E-state index < -0.39 is 0 Å². The van der Waals surface area contributed by atoms with E-state index in [1.165, 1.54) is 11.8 Å². The molecule has 0 aliphatic carbocycles. The second kappa shape index (κ2) is 4.90. The third-order valence-electron chi connectivity index (χ3n) is 1.59. The van der Waals surface area contributed by atoms with Gasteiger partial charge in [0.2, 0.25) is 0 Å². The van der Waals surface area contributed by atoms with Gasteiger partial charge in [0.05, 0.1) is 0 Å². The number of thioether (sulfide) groups is 1. The number of nitrogens with two attached hydrogens (primary N) is 1. The van der Waals surface area contributed by atoms with Gasteiger partial charge in [-0.25, -0.2) is 0 Å². The van der Waals surface area contributed by atoms with Crippen LogP contribution in [0, 0.1) is 0 Å². The minimum absolute atomic E-state index is 0.497. The molecule has 2 N–H and O–H groups in total. The van der Waals surface area contributed by atoms with Crippen molar-refractivity contribution in [3.05, 3.63) is 54.0 Å². The molecule has 0 saturated heterocycles. The highest BCUT2D eigenvalue weighted by Gasteiger charge is 1.99. The Morgan fingerprint density at radius 1 is 1.23 bits per heavy atom. The molecule has 0 aliphatic heterocycles. The Labute approximate surface area is 83.3 Å². The molecule has 1 nitrogen and oxygen atoms in total. The van der Waals surface area contributed by atoms with Crippen molar-refractivity contribution in [3.63, 3.8) is 0 Å². The molecule has 0 bridgehead atoms. The standard InChI is InChI=1S/C11H13NS/c1-9(8-12)13-10(2)11-6-4-3-5-7-11/h3-7H,1-2,8,12H2. The number of hydrogen-bond donors (Lipinski definition) is 1. The first-order chi connectivity index (χ1) is 6.24. The van der Waals surface area contributed by atoms with E-state index in [1.54, 1.807) is 0 Å². The molecule has 2 heteroatoms. The molecule has 0 aromatic heterocycles. The third kappa shape index (κ3) is 3.09. The first-order valence-electron chi connectivity index (χ1n) is 4.04. The van der Waals surface area contributed by atoms with E-state index >= 15 is 0 Å². The fraction of sp³-hybridized carbons (Fsp3) is 0.0909. The molecule has 0 saturated carbocycles. The lowest BCUT2D eigenvalue weighted by Gasteiger charge is -2.05. The Morgan fingerprint density at radius 2 is 1.85 bits per heavy atom. The maximum atomic E-state index is 5.44. The first kappa shape index (κ1) is 10.1. The second-order valence-corrected chi connectivity index (χ2v) is 3.91. The highest BCUT2D eigenvalue weighted by atomic mass is 32.2. The molecule has 0 aliphatic rings. The number of rotatable bonds is 4. The summed E-state index contributed by atoms with van der Waals surface area (Å²) >= 11 is 1.54. The van der Waals surface area contributed by atoms with E-state index in [9.17, 15) is 0 Å². The summed E-state index contributed by atoms with van der Waals surface area (Å²) < 4.78 is 0. The van der Waals surface area contributed by atoms with Gasteiger partial charge in [0.1, 0.15) is 0 Å². The summed E-state index contributed by atoms with van der Waals surface area (Å²) in [6, 6.07) is 10.0. The average Bonchev–Trinajstić information content (AvgIpc) is 2.19. The lowest BCUT2D eigenvalue weighted by molar-refractivity contribution is 1.24. The van der Waals surface area contributed by atoms with E-state index in [4.69, 9.17) is 5.73 Å². The van der Waals surface area contributed by atoms with Gasteiger partial charge in [-0.2, -0.15) is 0 Å². The van der Waals surface area contributed by atoms with E-state index in [0.717, 1.165) is 15.4 Å². The number of hydrogen-bond acceptors (Lipinski definition) is 2. The normalized spacial score (nSPS) is 9.62. The third-order valence-corrected chi connectivity index (χ3v) is 2.53. The quantitative estimate of drug-likeness (QED) is 0.792. The van der Waals surface area contributed by atoms with Crippen LogP contribution in [0.3, 0.4) is 0 Å². The van der Waals surface area contributed by atoms with Crippen LogP contribution in [0.25, 0.3) is 4.91 Å². The molecule has 0 amide bonds. The molecule has 0 spiro atoms. The minimum Gasteiger partial charge on any atom is -0.326 e. The zero-order chi connectivity index (χ0) is 9.68. The Kier molecular flexibility index (Phi) is 3.80. The van der Waals surface area contributed by atoms with Crippen LogP contribution >= 0.6 is 11.8 Å². The molecule has 1 rings (SSSR count). The lowest BCUT2D eigenvalue weighted by atomic mass is 10.2. The zero-order valence-electron chi connectivity index (χ0n) is 7.49. The summed E-state index contributed by atoms with van der Waals surface area (Å²) in [6.07, 6.45) is 0. The van der Waals surface area contributed by atoms with Crippen LogP contribution in [0.1, 0.15) is 5.56 Å². The van der Waals surface area contributed by atoms with Crippen LogP contribution in [0.5, 0.6) is 0 Å². The molecule has 1 aromatic carbocycles. The Balaban J connectivity index is 2.65. The molecular formula is C11H13NS. The molecule has 0 fully saturated rings. The number of benzene rings is 1. The van der Waals surface area contributed by atoms with E-state index in [-0.39, 0.29) is 0 Å². The maximum absolute atomic E-state index is 5.44. The van der Waals surface area contributed by atoms with Gasteiger partial charge in [-0.1, -0.05) is 55.3 Å². The molecule has 13 heavy (non-hydrogen) atoms. The van der Waals surface area contributed by atoms with Gasteiger partial charge in [0.25, 0.3) is 0 Å². The summed E-state index contributed by atoms with van der Waals surface area (Å²) in [5.41, 5.74) is 6.56. The summed E-state index contributed by atoms with van der Waals surface area (Å²) in [5.74, 6) is 0. The topological polar surface area (TPSA) is 26.0 Å². The molecule has 0 atom stereocenters. The van der Waals surface area contributed by atoms with E-state index in [0.29, 0.717) is 6.54 Å². The Morgan fingerprint density at radius 3 is 2.38 bits per heavy atom. The molecule has 1 aromatic rings. The van der Waals surface area contributed by atoms with Crippen LogP contribution < -0.4 is 5.73 Å². The SMILES string of the molecule is C=C(CN)SC(=C)c1ccccc1. The highest BCUT2D eigenvalue weighted by Crippen LogP contribution is 2.29. The van der Waals surface area contributed by atoms with Gasteiger partial charge < -0.3 is 5.73 Å². The first-order valence-corrected chi connectivity index (χ1v) is 4.85. The van der Waals surface area contributed by atoms with Gasteiger partial charge in [0.15, 0.2) is 0 Å². The highest BCUT2D eigenvalue weighted by molar-refractivity contribution is 8.11. The van der Waals surface area contributed by atoms with Gasteiger partial charge in [-0.3, -0.25) is 0 Å². The van der Waals surface area contributed by atoms with Crippen molar-refractivity contribution in [2.24, 2.45) is 5.73 Å². The Bertz CT molecular complexity index is 303. The smallest absolute Gasteiger partial charge is 0.0236 e. The van der Waals surface area contributed by atoms with Crippen molar-refractivity contribution >= 4 is 16.7 Å². The van der Waals surface area contributed by atoms with Crippen LogP contribution in [0.15, 0.2) is 48.4 Å². The lowest BCUT2D eigenvalue weighted by Crippen LogP contribution is -1.98. The van der Waals surface area contributed by atoms with Crippen LogP contribution in [0.2, 0.25) is 0 Å². The maximum Gasteiger partial charge on any atom is 0.0236 e. The molecule has 0 heterocycles. The zero-order valence-corrected chi connectivity index (χ0v) is 8.31. The van der Waals surface area contributed by atoms with Gasteiger partial charge in [-0.05, 0) is 10.5 Å². The monoisotopic (exact) mass is 191 g/mol. The van der Waals surface area contributed by atoms with Gasteiger partial charge in [-0.15, -0.1) is 0 Å². The fourth-order valence-corrected chi connectivity index (χ4v) is 1.58. The minimum atomic E-state index is 0.497. The Hall–Kier alpha value is -0.990. The van der Waals surface area contributed by atoms with Crippen molar-refractivity contribution in [1.29, 1.82) is 0 Å². The van der Waals surface area contributed by atoms with Crippen LogP contribution in [0.4, 0.5) is 0 Å². The average molecular weight is 191 g/mol. The van der Waals surface area contributed by atoms with E-state index in [2.05, 4.69) is 13.2 Å². The molecule has 0 radical (unpaired) electrons. The molecule has 0 unspecified atom stereocenters. The van der Waals surface area contributed by atoms with Crippen molar-refractivity contribution in [2.75, 3.05) is 6.54 Å². The van der Waals surface area contributed by atoms with Crippen molar-refractivity contribution in [3.8, 4) is 0 Å². The van der Waals surface area contributed by atoms with E-state index in [1.807, 2.05) is 30.3 Å². The predicted molar refractivity (Wildman–Crippen MR) is 61.3 cm³/mol. The molecular weight excluding hydrogens is 178 g/mol. The van der Waals surface area contributed by atoms with Crippen LogP contribution in [-0.4, -0.2) is 6.54 Å². The summed E-state index contributed by atoms with van der Waals surface area (Å²) in [4.78, 5) is 1.94. The fourth-order valence-electron chi connectivity index (χ4n) is 0.899. The summed E-state index contributed by atoms with van der Waals surface area (Å²) in [7, 11) is 0. The second-order valence-electron chi connectivity index (χ2n) is 2.63. The van der Waals surface area contributed by atoms with Crippen molar-refractivity contribution in [2.45, 2.75) is 0 Å². The van der Waals surface area contributed by atoms with Crippen molar-refractivity contribution in [1.82, 2.24) is 0 Å². The van der Waals surface area contributed by atoms with Gasteiger partial charge >= 0.3 is 0 Å². The summed E-state index contributed by atoms with van der Waals surface area (Å²) in [6.45, 7) is 8.27. The molecule has 68 valence electrons. The van der Waals surface area contributed by atoms with Crippen LogP contribution in [-0.2, 0) is 0 Å². The van der Waals surface area contributed by atoms with Gasteiger partial charge in [0, 0.05) is 11.4 Å². The van der Waals surface area contributed by atoms with Crippen molar-refractivity contribution < 1.29 is 0 Å².